The van der Waals surface area contributed by atoms with Crippen LogP contribution in [0.25, 0.3) is 0 Å². The Morgan fingerprint density at radius 3 is 2.52 bits per heavy atom. The van der Waals surface area contributed by atoms with E-state index in [0.29, 0.717) is 12.1 Å². The molecule has 0 bridgehead atoms. The van der Waals surface area contributed by atoms with Crippen molar-refractivity contribution in [2.24, 2.45) is 5.92 Å². The van der Waals surface area contributed by atoms with Crippen molar-refractivity contribution in [3.8, 4) is 0 Å². The zero-order valence-electron chi connectivity index (χ0n) is 14.4. The first-order chi connectivity index (χ1) is 10.8. The lowest BCUT2D eigenvalue weighted by Gasteiger charge is -2.14. The number of amides is 2. The number of hydrogen-bond acceptors (Lipinski definition) is 3. The van der Waals surface area contributed by atoms with Gasteiger partial charge in [-0.3, -0.25) is 9.59 Å². The molecule has 128 valence electrons. The lowest BCUT2D eigenvalue weighted by atomic mass is 10.0. The van der Waals surface area contributed by atoms with Crippen LogP contribution in [-0.2, 0) is 11.3 Å². The number of carbonyl (C=O) groups excluding carboxylic acids is 2. The highest BCUT2D eigenvalue weighted by atomic mass is 16.3. The minimum Gasteiger partial charge on any atom is -0.392 e. The van der Waals surface area contributed by atoms with Crippen LogP contribution < -0.4 is 10.6 Å². The van der Waals surface area contributed by atoms with Gasteiger partial charge in [-0.1, -0.05) is 32.9 Å². The fraction of sp³-hybridized carbons (Fsp3) is 0.556. The Morgan fingerprint density at radius 2 is 1.91 bits per heavy atom. The first kappa shape index (κ1) is 19.2. The third-order valence-electron chi connectivity index (χ3n) is 3.83. The first-order valence-corrected chi connectivity index (χ1v) is 8.18. The summed E-state index contributed by atoms with van der Waals surface area (Å²) < 4.78 is 0. The van der Waals surface area contributed by atoms with Crippen LogP contribution in [-0.4, -0.2) is 29.1 Å². The zero-order valence-corrected chi connectivity index (χ0v) is 14.4. The topological polar surface area (TPSA) is 78.4 Å². The van der Waals surface area contributed by atoms with Crippen LogP contribution in [0.2, 0.25) is 0 Å². The number of benzene rings is 1. The SMILES string of the molecule is CCC(C)NC(=O)c1cccc(CNC(=O)CC(O)C(C)C)c1. The molecule has 0 saturated carbocycles. The highest BCUT2D eigenvalue weighted by Gasteiger charge is 2.14. The monoisotopic (exact) mass is 320 g/mol. The van der Waals surface area contributed by atoms with Crippen LogP contribution in [0.15, 0.2) is 24.3 Å². The molecule has 1 aromatic carbocycles. The van der Waals surface area contributed by atoms with Gasteiger partial charge in [0.1, 0.15) is 0 Å². The molecule has 0 aliphatic carbocycles. The molecule has 0 fully saturated rings. The molecule has 2 atom stereocenters. The summed E-state index contributed by atoms with van der Waals surface area (Å²) in [4.78, 5) is 23.9. The van der Waals surface area contributed by atoms with E-state index in [1.54, 1.807) is 18.2 Å². The summed E-state index contributed by atoms with van der Waals surface area (Å²) in [6.07, 6.45) is 0.327. The van der Waals surface area contributed by atoms with Gasteiger partial charge in [0.2, 0.25) is 5.91 Å². The van der Waals surface area contributed by atoms with Gasteiger partial charge in [-0.05, 0) is 37.0 Å². The smallest absolute Gasteiger partial charge is 0.251 e. The van der Waals surface area contributed by atoms with E-state index in [0.717, 1.165) is 12.0 Å². The van der Waals surface area contributed by atoms with Crippen LogP contribution >= 0.6 is 0 Å². The Bertz CT molecular complexity index is 529. The molecular formula is C18H28N2O3. The molecule has 3 N–H and O–H groups in total. The maximum atomic E-state index is 12.1. The lowest BCUT2D eigenvalue weighted by Crippen LogP contribution is -2.32. The summed E-state index contributed by atoms with van der Waals surface area (Å²) in [7, 11) is 0. The molecule has 0 spiro atoms. The molecule has 23 heavy (non-hydrogen) atoms. The minimum absolute atomic E-state index is 0.0494. The van der Waals surface area contributed by atoms with Gasteiger partial charge in [0.25, 0.3) is 5.91 Å². The van der Waals surface area contributed by atoms with Crippen molar-refractivity contribution in [2.45, 2.75) is 59.2 Å². The van der Waals surface area contributed by atoms with Gasteiger partial charge in [0.15, 0.2) is 0 Å². The van der Waals surface area contributed by atoms with Crippen molar-refractivity contribution >= 4 is 11.8 Å². The zero-order chi connectivity index (χ0) is 17.4. The van der Waals surface area contributed by atoms with Gasteiger partial charge in [0, 0.05) is 18.2 Å². The average molecular weight is 320 g/mol. The van der Waals surface area contributed by atoms with E-state index in [1.807, 2.05) is 33.8 Å². The van der Waals surface area contributed by atoms with Crippen molar-refractivity contribution in [3.05, 3.63) is 35.4 Å². The van der Waals surface area contributed by atoms with Crippen molar-refractivity contribution in [1.29, 1.82) is 0 Å². The number of carbonyl (C=O) groups is 2. The minimum atomic E-state index is -0.636. The molecule has 1 aromatic rings. The molecular weight excluding hydrogens is 292 g/mol. The van der Waals surface area contributed by atoms with Gasteiger partial charge in [-0.25, -0.2) is 0 Å². The van der Waals surface area contributed by atoms with E-state index in [1.165, 1.54) is 0 Å². The molecule has 0 aromatic heterocycles. The normalized spacial score (nSPS) is 13.5. The second-order valence-electron chi connectivity index (χ2n) is 6.28. The number of hydrogen-bond donors (Lipinski definition) is 3. The third kappa shape index (κ3) is 6.82. The maximum Gasteiger partial charge on any atom is 0.251 e. The molecule has 2 unspecified atom stereocenters. The largest absolute Gasteiger partial charge is 0.392 e. The molecule has 0 heterocycles. The molecule has 1 rings (SSSR count). The number of aliphatic hydroxyl groups is 1. The predicted molar refractivity (Wildman–Crippen MR) is 91.0 cm³/mol. The molecule has 5 heteroatoms. The Hall–Kier alpha value is -1.88. The summed E-state index contributed by atoms with van der Waals surface area (Å²) in [5, 5.41) is 15.4. The summed E-state index contributed by atoms with van der Waals surface area (Å²) in [5.74, 6) is -0.253. The second kappa shape index (κ2) is 9.30. The summed E-state index contributed by atoms with van der Waals surface area (Å²) in [6, 6.07) is 7.32. The van der Waals surface area contributed by atoms with Gasteiger partial charge >= 0.3 is 0 Å². The Kier molecular flexibility index (Phi) is 7.75. The molecule has 0 aliphatic rings. The van der Waals surface area contributed by atoms with Crippen molar-refractivity contribution in [3.63, 3.8) is 0 Å². The fourth-order valence-corrected chi connectivity index (χ4v) is 1.93. The predicted octanol–water partition coefficient (Wildman–Crippen LogP) is 2.24. The van der Waals surface area contributed by atoms with Crippen LogP contribution in [0.3, 0.4) is 0 Å². The van der Waals surface area contributed by atoms with E-state index in [2.05, 4.69) is 10.6 Å². The van der Waals surface area contributed by atoms with E-state index >= 15 is 0 Å². The van der Waals surface area contributed by atoms with Crippen LogP contribution in [0.5, 0.6) is 0 Å². The number of nitrogens with one attached hydrogen (secondary N) is 2. The first-order valence-electron chi connectivity index (χ1n) is 8.18. The number of rotatable bonds is 8. The van der Waals surface area contributed by atoms with E-state index in [4.69, 9.17) is 0 Å². The molecule has 0 radical (unpaired) electrons. The van der Waals surface area contributed by atoms with Crippen LogP contribution in [0.4, 0.5) is 0 Å². The summed E-state index contributed by atoms with van der Waals surface area (Å²) in [5.41, 5.74) is 1.44. The Labute approximate surface area is 138 Å². The molecule has 2 amide bonds. The third-order valence-corrected chi connectivity index (χ3v) is 3.83. The Morgan fingerprint density at radius 1 is 1.22 bits per heavy atom. The van der Waals surface area contributed by atoms with Gasteiger partial charge in [0.05, 0.1) is 12.5 Å². The van der Waals surface area contributed by atoms with Crippen LogP contribution in [0, 0.1) is 5.92 Å². The quantitative estimate of drug-likeness (QED) is 0.687. The van der Waals surface area contributed by atoms with Crippen LogP contribution in [0.1, 0.15) is 56.5 Å². The second-order valence-corrected chi connectivity index (χ2v) is 6.28. The molecule has 0 saturated heterocycles. The van der Waals surface area contributed by atoms with Gasteiger partial charge in [-0.15, -0.1) is 0 Å². The van der Waals surface area contributed by atoms with Crippen molar-refractivity contribution in [1.82, 2.24) is 10.6 Å². The highest BCUT2D eigenvalue weighted by molar-refractivity contribution is 5.94. The standard InChI is InChI=1S/C18H28N2O3/c1-5-13(4)20-18(23)15-8-6-7-14(9-15)11-19-17(22)10-16(21)12(2)3/h6-9,12-13,16,21H,5,10-11H2,1-4H3,(H,19,22)(H,20,23). The molecule has 0 aliphatic heterocycles. The van der Waals surface area contributed by atoms with E-state index in [9.17, 15) is 14.7 Å². The Balaban J connectivity index is 2.57. The average Bonchev–Trinajstić information content (AvgIpc) is 2.52. The summed E-state index contributed by atoms with van der Waals surface area (Å²) in [6.45, 7) is 8.06. The lowest BCUT2D eigenvalue weighted by molar-refractivity contribution is -0.123. The highest BCUT2D eigenvalue weighted by Crippen LogP contribution is 2.08. The van der Waals surface area contributed by atoms with E-state index < -0.39 is 6.10 Å². The van der Waals surface area contributed by atoms with E-state index in [-0.39, 0.29) is 30.2 Å². The fourth-order valence-electron chi connectivity index (χ4n) is 1.93. The van der Waals surface area contributed by atoms with Crippen molar-refractivity contribution < 1.29 is 14.7 Å². The molecule has 5 nitrogen and oxygen atoms in total. The van der Waals surface area contributed by atoms with Crippen molar-refractivity contribution in [2.75, 3.05) is 0 Å². The number of aliphatic hydroxyl groups excluding tert-OH is 1. The summed E-state index contributed by atoms with van der Waals surface area (Å²) >= 11 is 0. The van der Waals surface area contributed by atoms with Gasteiger partial charge < -0.3 is 15.7 Å². The van der Waals surface area contributed by atoms with Gasteiger partial charge in [-0.2, -0.15) is 0 Å². The maximum absolute atomic E-state index is 12.1.